The highest BCUT2D eigenvalue weighted by atomic mass is 35.5. The van der Waals surface area contributed by atoms with Crippen molar-refractivity contribution in [3.63, 3.8) is 0 Å². The number of aromatic carboxylic acids is 1. The number of esters is 1. The lowest BCUT2D eigenvalue weighted by molar-refractivity contribution is -0.114. The summed E-state index contributed by atoms with van der Waals surface area (Å²) in [5.41, 5.74) is 2.60. The topological polar surface area (TPSA) is 109 Å². The highest BCUT2D eigenvalue weighted by molar-refractivity contribution is 6.35. The molecule has 0 atom stereocenters. The van der Waals surface area contributed by atoms with E-state index >= 15 is 0 Å². The number of carbonyl (C=O) groups excluding carboxylic acids is 2. The second-order valence-corrected chi connectivity index (χ2v) is 9.82. The summed E-state index contributed by atoms with van der Waals surface area (Å²) in [6.07, 6.45) is 2.03. The number of anilines is 1. The number of ether oxygens (including phenoxy) is 1. The van der Waals surface area contributed by atoms with Gasteiger partial charge in [0.15, 0.2) is 0 Å². The zero-order valence-corrected chi connectivity index (χ0v) is 23.1. The second-order valence-electron chi connectivity index (χ2n) is 9.00. The van der Waals surface area contributed by atoms with E-state index < -0.39 is 17.8 Å². The maximum absolute atomic E-state index is 13.3. The molecular formula is C31H22Cl2N2O6. The first-order chi connectivity index (χ1) is 19.7. The van der Waals surface area contributed by atoms with Gasteiger partial charge in [0, 0.05) is 5.56 Å². The maximum atomic E-state index is 13.3. The minimum absolute atomic E-state index is 0.0567. The molecule has 0 saturated heterocycles. The number of carboxylic acids is 1. The highest BCUT2D eigenvalue weighted by Crippen LogP contribution is 2.32. The summed E-state index contributed by atoms with van der Waals surface area (Å²) in [6.45, 7) is 1.96. The van der Waals surface area contributed by atoms with E-state index in [1.165, 1.54) is 18.2 Å². The first-order valence-corrected chi connectivity index (χ1v) is 13.3. The summed E-state index contributed by atoms with van der Waals surface area (Å²) in [5.74, 6) is -1.38. The molecule has 41 heavy (non-hydrogen) atoms. The molecular weight excluding hydrogens is 567 g/mol. The SMILES string of the molecule is CCC1=NN(c2ccc(Cl)c(C(=O)O)c2)C(=O)/C1=C\c1ccc(-c2ccc(Cl)c(C(=O)OCc3ccccc3)c2)o1. The summed E-state index contributed by atoms with van der Waals surface area (Å²) in [4.78, 5) is 37.5. The van der Waals surface area contributed by atoms with Gasteiger partial charge >= 0.3 is 11.9 Å². The summed E-state index contributed by atoms with van der Waals surface area (Å²) in [6, 6.07) is 21.9. The van der Waals surface area contributed by atoms with Crippen molar-refractivity contribution in [3.8, 4) is 11.3 Å². The van der Waals surface area contributed by atoms with Crippen LogP contribution in [0, 0.1) is 0 Å². The van der Waals surface area contributed by atoms with E-state index in [9.17, 15) is 19.5 Å². The van der Waals surface area contributed by atoms with Gasteiger partial charge in [-0.05, 0) is 66.6 Å². The fourth-order valence-electron chi connectivity index (χ4n) is 4.21. The minimum Gasteiger partial charge on any atom is -0.478 e. The smallest absolute Gasteiger partial charge is 0.340 e. The quantitative estimate of drug-likeness (QED) is 0.168. The van der Waals surface area contributed by atoms with Crippen LogP contribution in [-0.4, -0.2) is 28.7 Å². The van der Waals surface area contributed by atoms with E-state index in [-0.39, 0.29) is 33.5 Å². The van der Waals surface area contributed by atoms with Gasteiger partial charge in [-0.25, -0.2) is 9.59 Å². The standard InChI is InChI=1S/C31H22Cl2N2O6/c1-2-27-24(29(36)35(34-27)20-9-12-25(32)22(15-20)30(37)38)16-21-10-13-28(41-21)19-8-11-26(33)23(14-19)31(39)40-17-18-6-4-3-5-7-18/h3-16H,2,17H2,1H3,(H,37,38)/b24-16-. The van der Waals surface area contributed by atoms with Crippen molar-refractivity contribution in [2.75, 3.05) is 5.01 Å². The highest BCUT2D eigenvalue weighted by Gasteiger charge is 2.31. The lowest BCUT2D eigenvalue weighted by atomic mass is 10.1. The van der Waals surface area contributed by atoms with Crippen molar-refractivity contribution < 1.29 is 28.6 Å². The number of furan rings is 1. The van der Waals surface area contributed by atoms with Gasteiger partial charge in [-0.1, -0.05) is 60.5 Å². The molecule has 0 saturated carbocycles. The molecule has 206 valence electrons. The zero-order chi connectivity index (χ0) is 29.1. The summed E-state index contributed by atoms with van der Waals surface area (Å²) in [7, 11) is 0. The average molecular weight is 589 g/mol. The Morgan fingerprint density at radius 1 is 0.976 bits per heavy atom. The van der Waals surface area contributed by atoms with Gasteiger partial charge in [0.05, 0.1) is 38.1 Å². The lowest BCUT2D eigenvalue weighted by Gasteiger charge is -2.12. The molecule has 1 aliphatic heterocycles. The van der Waals surface area contributed by atoms with Crippen LogP contribution in [0.25, 0.3) is 17.4 Å². The number of hydrazone groups is 1. The Bertz CT molecular complexity index is 1730. The van der Waals surface area contributed by atoms with Gasteiger partial charge in [-0.2, -0.15) is 10.1 Å². The Hall–Kier alpha value is -4.66. The van der Waals surface area contributed by atoms with E-state index in [4.69, 9.17) is 32.4 Å². The van der Waals surface area contributed by atoms with Gasteiger partial charge in [0.25, 0.3) is 5.91 Å². The number of hydrogen-bond donors (Lipinski definition) is 1. The van der Waals surface area contributed by atoms with Crippen molar-refractivity contribution in [1.29, 1.82) is 0 Å². The van der Waals surface area contributed by atoms with Crippen LogP contribution in [0.2, 0.25) is 10.0 Å². The Kier molecular flexibility index (Phi) is 8.05. The molecule has 10 heteroatoms. The average Bonchev–Trinajstić information content (AvgIpc) is 3.57. The Morgan fingerprint density at radius 3 is 2.44 bits per heavy atom. The van der Waals surface area contributed by atoms with Crippen LogP contribution in [-0.2, 0) is 16.1 Å². The van der Waals surface area contributed by atoms with Crippen LogP contribution in [0.15, 0.2) is 94.0 Å². The summed E-state index contributed by atoms with van der Waals surface area (Å²) >= 11 is 12.3. The Balaban J connectivity index is 1.37. The number of rotatable bonds is 8. The van der Waals surface area contributed by atoms with E-state index in [0.717, 1.165) is 10.6 Å². The van der Waals surface area contributed by atoms with Gasteiger partial charge in [-0.15, -0.1) is 0 Å². The fourth-order valence-corrected chi connectivity index (χ4v) is 4.60. The minimum atomic E-state index is -1.21. The van der Waals surface area contributed by atoms with Crippen molar-refractivity contribution in [1.82, 2.24) is 0 Å². The molecule has 0 spiro atoms. The molecule has 0 fully saturated rings. The molecule has 0 unspecified atom stereocenters. The Morgan fingerprint density at radius 2 is 1.71 bits per heavy atom. The van der Waals surface area contributed by atoms with Gasteiger partial charge in [0.2, 0.25) is 0 Å². The molecule has 2 heterocycles. The number of carbonyl (C=O) groups is 3. The third-order valence-corrected chi connectivity index (χ3v) is 6.97. The van der Waals surface area contributed by atoms with Crippen molar-refractivity contribution in [2.45, 2.75) is 20.0 Å². The number of benzene rings is 3. The molecule has 1 aliphatic rings. The molecule has 0 aliphatic carbocycles. The molecule has 1 aromatic heterocycles. The molecule has 1 N–H and O–H groups in total. The van der Waals surface area contributed by atoms with E-state index in [0.29, 0.717) is 34.8 Å². The van der Waals surface area contributed by atoms with E-state index in [1.807, 2.05) is 37.3 Å². The lowest BCUT2D eigenvalue weighted by Crippen LogP contribution is -2.21. The fraction of sp³-hybridized carbons (Fsp3) is 0.0968. The second kappa shape index (κ2) is 11.8. The van der Waals surface area contributed by atoms with E-state index in [2.05, 4.69) is 5.10 Å². The van der Waals surface area contributed by atoms with Crippen LogP contribution in [0.4, 0.5) is 5.69 Å². The first kappa shape index (κ1) is 27.9. The normalized spacial score (nSPS) is 13.9. The predicted molar refractivity (Wildman–Crippen MR) is 156 cm³/mol. The summed E-state index contributed by atoms with van der Waals surface area (Å²) in [5, 5.41) is 15.2. The maximum Gasteiger partial charge on any atom is 0.340 e. The van der Waals surface area contributed by atoms with Crippen LogP contribution >= 0.6 is 23.2 Å². The molecule has 1 amide bonds. The molecule has 8 nitrogen and oxygen atoms in total. The first-order valence-electron chi connectivity index (χ1n) is 12.5. The van der Waals surface area contributed by atoms with E-state index in [1.54, 1.807) is 36.4 Å². The molecule has 3 aromatic carbocycles. The van der Waals surface area contributed by atoms with Crippen LogP contribution in [0.5, 0.6) is 0 Å². The zero-order valence-electron chi connectivity index (χ0n) is 21.6. The van der Waals surface area contributed by atoms with Gasteiger partial charge in [-0.3, -0.25) is 4.79 Å². The van der Waals surface area contributed by atoms with Gasteiger partial charge in [0.1, 0.15) is 18.1 Å². The number of halogens is 2. The molecule has 0 radical (unpaired) electrons. The van der Waals surface area contributed by atoms with Crippen LogP contribution in [0.1, 0.15) is 45.4 Å². The number of carboxylic acid groups (broad SMARTS) is 1. The van der Waals surface area contributed by atoms with Crippen LogP contribution < -0.4 is 5.01 Å². The molecule has 4 aromatic rings. The molecule has 5 rings (SSSR count). The van der Waals surface area contributed by atoms with Crippen LogP contribution in [0.3, 0.4) is 0 Å². The summed E-state index contributed by atoms with van der Waals surface area (Å²) < 4.78 is 11.4. The predicted octanol–water partition coefficient (Wildman–Crippen LogP) is 7.50. The third-order valence-electron chi connectivity index (χ3n) is 6.31. The molecule has 0 bridgehead atoms. The monoisotopic (exact) mass is 588 g/mol. The number of nitrogens with zero attached hydrogens (tertiary/aromatic N) is 2. The van der Waals surface area contributed by atoms with Crippen molar-refractivity contribution in [3.05, 3.63) is 117 Å². The number of hydrogen-bond acceptors (Lipinski definition) is 6. The van der Waals surface area contributed by atoms with Crippen molar-refractivity contribution in [2.24, 2.45) is 5.10 Å². The van der Waals surface area contributed by atoms with Crippen molar-refractivity contribution >= 4 is 58.5 Å². The number of amides is 1. The largest absolute Gasteiger partial charge is 0.478 e. The third kappa shape index (κ3) is 5.94. The van der Waals surface area contributed by atoms with Gasteiger partial charge < -0.3 is 14.3 Å². The Labute approximate surface area is 245 Å².